The number of nitrogens with two attached hydrogens (primary N) is 1. The highest BCUT2D eigenvalue weighted by molar-refractivity contribution is 5.41. The van der Waals surface area contributed by atoms with Crippen LogP contribution in [0.15, 0.2) is 6.07 Å². The van der Waals surface area contributed by atoms with E-state index in [1.54, 1.807) is 0 Å². The zero-order chi connectivity index (χ0) is 9.26. The quantitative estimate of drug-likeness (QED) is 0.616. The number of nitrogens with zero attached hydrogens (tertiary/aromatic N) is 1. The molecular weight excluding hydrogens is 160 g/mol. The van der Waals surface area contributed by atoms with Crippen molar-refractivity contribution < 1.29 is 0 Å². The predicted molar refractivity (Wildman–Crippen MR) is 54.6 cm³/mol. The fourth-order valence-electron chi connectivity index (χ4n) is 2.15. The third-order valence-corrected chi connectivity index (χ3v) is 2.82. The van der Waals surface area contributed by atoms with Crippen LogP contribution in [0.2, 0.25) is 0 Å². The molecular formula is C11H16N2. The average molecular weight is 176 g/mol. The van der Waals surface area contributed by atoms with Gasteiger partial charge in [0.2, 0.25) is 0 Å². The first-order valence-electron chi connectivity index (χ1n) is 5.02. The Morgan fingerprint density at radius 1 is 1.23 bits per heavy atom. The number of fused-ring (bicyclic) bond motifs is 1. The molecule has 0 fully saturated rings. The van der Waals surface area contributed by atoms with E-state index in [2.05, 4.69) is 11.9 Å². The molecule has 0 spiro atoms. The van der Waals surface area contributed by atoms with Gasteiger partial charge in [0.1, 0.15) is 5.82 Å². The van der Waals surface area contributed by atoms with Crippen LogP contribution >= 0.6 is 0 Å². The van der Waals surface area contributed by atoms with E-state index in [0.29, 0.717) is 5.82 Å². The van der Waals surface area contributed by atoms with Gasteiger partial charge in [0.05, 0.1) is 0 Å². The minimum absolute atomic E-state index is 0.679. The van der Waals surface area contributed by atoms with Crippen molar-refractivity contribution in [1.82, 2.24) is 4.98 Å². The summed E-state index contributed by atoms with van der Waals surface area (Å²) in [5.74, 6) is 0.679. The molecule has 0 saturated heterocycles. The van der Waals surface area contributed by atoms with Crippen LogP contribution < -0.4 is 5.73 Å². The fraction of sp³-hybridized carbons (Fsp3) is 0.545. The molecule has 2 rings (SSSR count). The van der Waals surface area contributed by atoms with E-state index in [9.17, 15) is 0 Å². The lowest BCUT2D eigenvalue weighted by atomic mass is 10.0. The molecule has 1 aliphatic rings. The minimum atomic E-state index is 0.679. The van der Waals surface area contributed by atoms with E-state index < -0.39 is 0 Å². The van der Waals surface area contributed by atoms with Crippen molar-refractivity contribution in [3.63, 3.8) is 0 Å². The second kappa shape index (κ2) is 3.36. The smallest absolute Gasteiger partial charge is 0.123 e. The molecule has 0 saturated carbocycles. The number of pyridine rings is 1. The van der Waals surface area contributed by atoms with Gasteiger partial charge in [0.25, 0.3) is 0 Å². The van der Waals surface area contributed by atoms with Gasteiger partial charge in [0.15, 0.2) is 0 Å². The van der Waals surface area contributed by atoms with E-state index >= 15 is 0 Å². The Hall–Kier alpha value is -1.05. The highest BCUT2D eigenvalue weighted by Crippen LogP contribution is 2.23. The van der Waals surface area contributed by atoms with Gasteiger partial charge in [0, 0.05) is 5.69 Å². The number of hydrogen-bond acceptors (Lipinski definition) is 2. The molecule has 0 aromatic carbocycles. The summed E-state index contributed by atoms with van der Waals surface area (Å²) in [6.45, 7) is 2.07. The molecule has 2 nitrogen and oxygen atoms in total. The van der Waals surface area contributed by atoms with E-state index in [1.165, 1.54) is 43.2 Å². The van der Waals surface area contributed by atoms with Crippen LogP contribution in [-0.2, 0) is 12.8 Å². The molecule has 1 aliphatic carbocycles. The van der Waals surface area contributed by atoms with Crippen molar-refractivity contribution in [3.05, 3.63) is 22.9 Å². The second-order valence-electron chi connectivity index (χ2n) is 3.83. The largest absolute Gasteiger partial charge is 0.384 e. The van der Waals surface area contributed by atoms with Crippen LogP contribution in [0.1, 0.15) is 36.1 Å². The summed E-state index contributed by atoms with van der Waals surface area (Å²) in [5, 5.41) is 0. The molecule has 0 aliphatic heterocycles. The summed E-state index contributed by atoms with van der Waals surface area (Å²) >= 11 is 0. The van der Waals surface area contributed by atoms with Crippen molar-refractivity contribution in [2.75, 3.05) is 5.73 Å². The summed E-state index contributed by atoms with van der Waals surface area (Å²) in [6.07, 6.45) is 6.32. The van der Waals surface area contributed by atoms with Crippen LogP contribution in [0.25, 0.3) is 0 Å². The third kappa shape index (κ3) is 1.67. The number of nitrogen functional groups attached to an aromatic ring is 1. The zero-order valence-corrected chi connectivity index (χ0v) is 8.14. The third-order valence-electron chi connectivity index (χ3n) is 2.82. The van der Waals surface area contributed by atoms with Crippen LogP contribution in [-0.4, -0.2) is 4.98 Å². The summed E-state index contributed by atoms with van der Waals surface area (Å²) in [4.78, 5) is 4.31. The van der Waals surface area contributed by atoms with Crippen molar-refractivity contribution in [3.8, 4) is 0 Å². The topological polar surface area (TPSA) is 38.9 Å². The van der Waals surface area contributed by atoms with E-state index in [1.807, 2.05) is 6.07 Å². The van der Waals surface area contributed by atoms with Gasteiger partial charge in [-0.15, -0.1) is 0 Å². The van der Waals surface area contributed by atoms with Gasteiger partial charge in [-0.1, -0.05) is 6.42 Å². The summed E-state index contributed by atoms with van der Waals surface area (Å²) in [7, 11) is 0. The van der Waals surface area contributed by atoms with Crippen molar-refractivity contribution >= 4 is 5.82 Å². The maximum atomic E-state index is 5.72. The number of aryl methyl sites for hydroxylation is 2. The average Bonchev–Trinajstić information content (AvgIpc) is 2.28. The Labute approximate surface area is 79.2 Å². The molecule has 0 unspecified atom stereocenters. The van der Waals surface area contributed by atoms with Crippen LogP contribution in [0.5, 0.6) is 0 Å². The first-order chi connectivity index (χ1) is 6.27. The predicted octanol–water partition coefficient (Wildman–Crippen LogP) is 2.24. The molecule has 1 heterocycles. The molecule has 1 aromatic heterocycles. The zero-order valence-electron chi connectivity index (χ0n) is 8.14. The number of rotatable bonds is 0. The lowest BCUT2D eigenvalue weighted by Crippen LogP contribution is -2.01. The van der Waals surface area contributed by atoms with Gasteiger partial charge >= 0.3 is 0 Å². The number of hydrogen-bond donors (Lipinski definition) is 1. The summed E-state index contributed by atoms with van der Waals surface area (Å²) in [6, 6.07) is 2.05. The van der Waals surface area contributed by atoms with Crippen molar-refractivity contribution in [2.45, 2.75) is 39.0 Å². The Morgan fingerprint density at radius 3 is 2.85 bits per heavy atom. The highest BCUT2D eigenvalue weighted by Gasteiger charge is 2.11. The van der Waals surface area contributed by atoms with Crippen LogP contribution in [0, 0.1) is 6.92 Å². The standard InChI is InChI=1S/C11H16N2/c1-8-10-6-4-2-3-5-9(10)7-11(12)13-8/h7H,2-6H2,1H3,(H2,12,13). The van der Waals surface area contributed by atoms with E-state index in [4.69, 9.17) is 5.73 Å². The molecule has 0 amide bonds. The molecule has 2 N–H and O–H groups in total. The summed E-state index contributed by atoms with van der Waals surface area (Å²) < 4.78 is 0. The monoisotopic (exact) mass is 176 g/mol. The van der Waals surface area contributed by atoms with Gasteiger partial charge < -0.3 is 5.73 Å². The van der Waals surface area contributed by atoms with E-state index in [-0.39, 0.29) is 0 Å². The Bertz CT molecular complexity index is 318. The van der Waals surface area contributed by atoms with Crippen LogP contribution in [0.4, 0.5) is 5.82 Å². The SMILES string of the molecule is Cc1nc(N)cc2c1CCCCC2. The molecule has 0 atom stereocenters. The number of aromatic nitrogens is 1. The highest BCUT2D eigenvalue weighted by atomic mass is 14.8. The fourth-order valence-corrected chi connectivity index (χ4v) is 2.15. The lowest BCUT2D eigenvalue weighted by molar-refractivity contribution is 0.711. The lowest BCUT2D eigenvalue weighted by Gasteiger charge is -2.09. The molecule has 13 heavy (non-hydrogen) atoms. The normalized spacial score (nSPS) is 16.4. The second-order valence-corrected chi connectivity index (χ2v) is 3.83. The molecule has 0 bridgehead atoms. The maximum Gasteiger partial charge on any atom is 0.123 e. The van der Waals surface area contributed by atoms with Crippen molar-refractivity contribution in [1.29, 1.82) is 0 Å². The number of anilines is 1. The van der Waals surface area contributed by atoms with Crippen LogP contribution in [0.3, 0.4) is 0 Å². The Kier molecular flexibility index (Phi) is 2.21. The first kappa shape index (κ1) is 8.54. The molecule has 70 valence electrons. The molecule has 1 aromatic rings. The Balaban J connectivity index is 2.47. The minimum Gasteiger partial charge on any atom is -0.384 e. The van der Waals surface area contributed by atoms with Gasteiger partial charge in [-0.3, -0.25) is 0 Å². The molecule has 0 radical (unpaired) electrons. The van der Waals surface area contributed by atoms with Gasteiger partial charge in [-0.25, -0.2) is 4.98 Å². The maximum absolute atomic E-state index is 5.72. The van der Waals surface area contributed by atoms with E-state index in [0.717, 1.165) is 5.69 Å². The summed E-state index contributed by atoms with van der Waals surface area (Å²) in [5.41, 5.74) is 9.74. The molecule has 2 heteroatoms. The van der Waals surface area contributed by atoms with Gasteiger partial charge in [-0.05, 0) is 49.8 Å². The Morgan fingerprint density at radius 2 is 2.00 bits per heavy atom. The first-order valence-corrected chi connectivity index (χ1v) is 5.02. The van der Waals surface area contributed by atoms with Gasteiger partial charge in [-0.2, -0.15) is 0 Å². The van der Waals surface area contributed by atoms with Crippen molar-refractivity contribution in [2.24, 2.45) is 0 Å².